The zero-order valence-electron chi connectivity index (χ0n) is 14.4. The third-order valence-electron chi connectivity index (χ3n) is 4.01. The highest BCUT2D eigenvalue weighted by molar-refractivity contribution is 7.16. The van der Waals surface area contributed by atoms with E-state index in [9.17, 15) is 9.59 Å². The average Bonchev–Trinajstić information content (AvgIpc) is 3.06. The van der Waals surface area contributed by atoms with Gasteiger partial charge in [-0.3, -0.25) is 14.2 Å². The molecule has 0 radical (unpaired) electrons. The Morgan fingerprint density at radius 3 is 2.92 bits per heavy atom. The van der Waals surface area contributed by atoms with Crippen molar-refractivity contribution >= 4 is 39.1 Å². The van der Waals surface area contributed by atoms with Gasteiger partial charge < -0.3 is 10.1 Å². The lowest BCUT2D eigenvalue weighted by atomic mass is 10.1. The number of nitrogens with zero attached hydrogens (tertiary/aromatic N) is 2. The number of thiophene rings is 1. The van der Waals surface area contributed by atoms with Crippen LogP contribution in [0.15, 0.2) is 34.4 Å². The second-order valence-corrected chi connectivity index (χ2v) is 7.05. The zero-order valence-corrected chi connectivity index (χ0v) is 16.0. The first kappa shape index (κ1) is 18.4. The van der Waals surface area contributed by atoms with Crippen molar-refractivity contribution in [2.45, 2.75) is 19.9 Å². The van der Waals surface area contributed by atoms with Gasteiger partial charge in [0.15, 0.2) is 0 Å². The molecule has 0 aliphatic carbocycles. The van der Waals surface area contributed by atoms with E-state index in [1.165, 1.54) is 11.3 Å². The van der Waals surface area contributed by atoms with E-state index >= 15 is 0 Å². The summed E-state index contributed by atoms with van der Waals surface area (Å²) in [6.45, 7) is 2.51. The topological polar surface area (TPSA) is 73.2 Å². The van der Waals surface area contributed by atoms with Gasteiger partial charge in [0, 0.05) is 13.1 Å². The zero-order chi connectivity index (χ0) is 18.7. The van der Waals surface area contributed by atoms with Crippen molar-refractivity contribution in [3.63, 3.8) is 0 Å². The molecule has 1 aromatic carbocycles. The maximum Gasteiger partial charge on any atom is 0.262 e. The summed E-state index contributed by atoms with van der Waals surface area (Å²) in [5, 5.41) is 5.76. The predicted octanol–water partition coefficient (Wildman–Crippen LogP) is 2.79. The molecule has 2 aromatic heterocycles. The normalized spacial score (nSPS) is 10.9. The predicted molar refractivity (Wildman–Crippen MR) is 103 cm³/mol. The first-order valence-electron chi connectivity index (χ1n) is 8.03. The van der Waals surface area contributed by atoms with Crippen LogP contribution in [0.4, 0.5) is 0 Å². The van der Waals surface area contributed by atoms with Crippen LogP contribution in [0.2, 0.25) is 5.02 Å². The molecule has 0 spiro atoms. The molecule has 1 amide bonds. The summed E-state index contributed by atoms with van der Waals surface area (Å²) in [5.74, 6) is 1.07. The van der Waals surface area contributed by atoms with Crippen LogP contribution in [0.25, 0.3) is 10.2 Å². The standard InChI is InChI=1S/C18H18ClN3O3S/c1-11-21-17-13(5-8-26-17)18(24)22(11)7-6-20-16(23)10-12-3-4-15(25-2)14(19)9-12/h3-5,8-9H,6-7,10H2,1-2H3,(H,20,23). The molecule has 1 N–H and O–H groups in total. The van der Waals surface area contributed by atoms with Crippen molar-refractivity contribution in [3.05, 3.63) is 56.4 Å². The van der Waals surface area contributed by atoms with Crippen molar-refractivity contribution in [2.24, 2.45) is 0 Å². The Morgan fingerprint density at radius 1 is 1.38 bits per heavy atom. The van der Waals surface area contributed by atoms with Crippen LogP contribution in [-0.4, -0.2) is 29.1 Å². The van der Waals surface area contributed by atoms with Crippen LogP contribution >= 0.6 is 22.9 Å². The van der Waals surface area contributed by atoms with Crippen LogP contribution in [0.3, 0.4) is 0 Å². The molecule has 0 atom stereocenters. The van der Waals surface area contributed by atoms with E-state index in [0.717, 1.165) is 10.4 Å². The first-order chi connectivity index (χ1) is 12.5. The fourth-order valence-corrected chi connectivity index (χ4v) is 3.77. The summed E-state index contributed by atoms with van der Waals surface area (Å²) in [6, 6.07) is 7.02. The van der Waals surface area contributed by atoms with Gasteiger partial charge in [0.1, 0.15) is 16.4 Å². The van der Waals surface area contributed by atoms with Crippen LogP contribution < -0.4 is 15.6 Å². The van der Waals surface area contributed by atoms with Gasteiger partial charge in [-0.15, -0.1) is 11.3 Å². The van der Waals surface area contributed by atoms with Crippen molar-refractivity contribution < 1.29 is 9.53 Å². The van der Waals surface area contributed by atoms with E-state index in [0.29, 0.717) is 35.1 Å². The number of carbonyl (C=O) groups is 1. The molecule has 0 unspecified atom stereocenters. The first-order valence-corrected chi connectivity index (χ1v) is 9.29. The number of aromatic nitrogens is 2. The number of benzene rings is 1. The molecule has 0 aliphatic heterocycles. The summed E-state index contributed by atoms with van der Waals surface area (Å²) in [6.07, 6.45) is 0.208. The van der Waals surface area contributed by atoms with E-state index in [2.05, 4.69) is 10.3 Å². The Kier molecular flexibility index (Phi) is 5.58. The Morgan fingerprint density at radius 2 is 2.19 bits per heavy atom. The summed E-state index contributed by atoms with van der Waals surface area (Å²) in [5.41, 5.74) is 0.716. The largest absolute Gasteiger partial charge is 0.495 e. The van der Waals surface area contributed by atoms with Gasteiger partial charge in [-0.05, 0) is 36.1 Å². The number of methoxy groups -OCH3 is 1. The number of ether oxygens (including phenoxy) is 1. The molecule has 3 aromatic rings. The number of aryl methyl sites for hydroxylation is 1. The Labute approximate surface area is 159 Å². The Hall–Kier alpha value is -2.38. The minimum atomic E-state index is -0.137. The van der Waals surface area contributed by atoms with E-state index in [1.807, 2.05) is 5.38 Å². The number of nitrogens with one attached hydrogen (secondary N) is 1. The highest BCUT2D eigenvalue weighted by atomic mass is 35.5. The lowest BCUT2D eigenvalue weighted by Gasteiger charge is -2.11. The molecule has 136 valence electrons. The lowest BCUT2D eigenvalue weighted by molar-refractivity contribution is -0.120. The minimum absolute atomic E-state index is 0.0788. The smallest absolute Gasteiger partial charge is 0.262 e. The summed E-state index contributed by atoms with van der Waals surface area (Å²) >= 11 is 7.51. The monoisotopic (exact) mass is 391 g/mol. The summed E-state index contributed by atoms with van der Waals surface area (Å²) < 4.78 is 6.68. The van der Waals surface area contributed by atoms with Gasteiger partial charge in [0.05, 0.1) is 23.9 Å². The molecule has 8 heteroatoms. The highest BCUT2D eigenvalue weighted by Gasteiger charge is 2.10. The molecule has 0 bridgehead atoms. The van der Waals surface area contributed by atoms with Crippen LogP contribution in [0, 0.1) is 6.92 Å². The van der Waals surface area contributed by atoms with E-state index < -0.39 is 0 Å². The maximum absolute atomic E-state index is 12.5. The van der Waals surface area contributed by atoms with Crippen molar-refractivity contribution in [1.29, 1.82) is 0 Å². The fraction of sp³-hybridized carbons (Fsp3) is 0.278. The maximum atomic E-state index is 12.5. The lowest BCUT2D eigenvalue weighted by Crippen LogP contribution is -2.33. The van der Waals surface area contributed by atoms with E-state index in [-0.39, 0.29) is 17.9 Å². The Balaban J connectivity index is 1.60. The Bertz CT molecular complexity index is 1010. The number of hydrogen-bond donors (Lipinski definition) is 1. The number of carbonyl (C=O) groups excluding carboxylic acids is 1. The molecule has 2 heterocycles. The molecule has 6 nitrogen and oxygen atoms in total. The molecule has 0 saturated heterocycles. The van der Waals surface area contributed by atoms with E-state index in [1.54, 1.807) is 42.9 Å². The van der Waals surface area contributed by atoms with Crippen LogP contribution in [0.1, 0.15) is 11.4 Å². The summed E-state index contributed by atoms with van der Waals surface area (Å²) in [7, 11) is 1.54. The molecule has 0 aliphatic rings. The number of fused-ring (bicyclic) bond motifs is 1. The van der Waals surface area contributed by atoms with Gasteiger partial charge in [-0.25, -0.2) is 4.98 Å². The van der Waals surface area contributed by atoms with Gasteiger partial charge >= 0.3 is 0 Å². The van der Waals surface area contributed by atoms with Gasteiger partial charge in [0.25, 0.3) is 5.56 Å². The van der Waals surface area contributed by atoms with E-state index in [4.69, 9.17) is 16.3 Å². The second kappa shape index (κ2) is 7.88. The van der Waals surface area contributed by atoms with Crippen molar-refractivity contribution in [1.82, 2.24) is 14.9 Å². The summed E-state index contributed by atoms with van der Waals surface area (Å²) in [4.78, 5) is 29.8. The molecule has 0 fully saturated rings. The van der Waals surface area contributed by atoms with Crippen LogP contribution in [0.5, 0.6) is 5.75 Å². The number of rotatable bonds is 6. The average molecular weight is 392 g/mol. The van der Waals surface area contributed by atoms with Crippen molar-refractivity contribution in [2.75, 3.05) is 13.7 Å². The van der Waals surface area contributed by atoms with Gasteiger partial charge in [-0.2, -0.15) is 0 Å². The molecule has 0 saturated carbocycles. The van der Waals surface area contributed by atoms with Crippen LogP contribution in [-0.2, 0) is 17.8 Å². The number of amides is 1. The molecular weight excluding hydrogens is 374 g/mol. The van der Waals surface area contributed by atoms with Gasteiger partial charge in [0.2, 0.25) is 5.91 Å². The third kappa shape index (κ3) is 3.89. The number of hydrogen-bond acceptors (Lipinski definition) is 5. The molecule has 26 heavy (non-hydrogen) atoms. The quantitative estimate of drug-likeness (QED) is 0.701. The second-order valence-electron chi connectivity index (χ2n) is 5.75. The molecular formula is C18H18ClN3O3S. The highest BCUT2D eigenvalue weighted by Crippen LogP contribution is 2.25. The fourth-order valence-electron chi connectivity index (χ4n) is 2.69. The van der Waals surface area contributed by atoms with Gasteiger partial charge in [-0.1, -0.05) is 17.7 Å². The third-order valence-corrected chi connectivity index (χ3v) is 5.11. The minimum Gasteiger partial charge on any atom is -0.495 e. The van der Waals surface area contributed by atoms with Crippen molar-refractivity contribution in [3.8, 4) is 5.75 Å². The molecule has 3 rings (SSSR count). The number of halogens is 1. The SMILES string of the molecule is COc1ccc(CC(=O)NCCn2c(C)nc3sccc3c2=O)cc1Cl.